The Bertz CT molecular complexity index is 1070. The Morgan fingerprint density at radius 1 is 1.07 bits per heavy atom. The zero-order valence-electron chi connectivity index (χ0n) is 15.1. The monoisotopic (exact) mass is 365 g/mol. The number of fused-ring (bicyclic) bond motifs is 1. The molecule has 0 saturated heterocycles. The van der Waals surface area contributed by atoms with E-state index in [0.717, 1.165) is 15.8 Å². The van der Waals surface area contributed by atoms with E-state index >= 15 is 0 Å². The quantitative estimate of drug-likeness (QED) is 0.695. The molecule has 3 aromatic rings. The summed E-state index contributed by atoms with van der Waals surface area (Å²) >= 11 is 0. The number of carbonyl (C=O) groups is 2. The van der Waals surface area contributed by atoms with E-state index in [1.54, 1.807) is 24.3 Å². The lowest BCUT2D eigenvalue weighted by Gasteiger charge is -2.10. The third-order valence-corrected chi connectivity index (χ3v) is 4.22. The first-order valence-corrected chi connectivity index (χ1v) is 8.41. The van der Waals surface area contributed by atoms with Crippen LogP contribution >= 0.6 is 0 Å². The summed E-state index contributed by atoms with van der Waals surface area (Å²) in [7, 11) is 1.46. The second-order valence-electron chi connectivity index (χ2n) is 6.10. The van der Waals surface area contributed by atoms with E-state index < -0.39 is 18.5 Å². The van der Waals surface area contributed by atoms with E-state index in [2.05, 4.69) is 10.4 Å². The van der Waals surface area contributed by atoms with Crippen LogP contribution in [-0.4, -0.2) is 28.3 Å². The van der Waals surface area contributed by atoms with Crippen LogP contribution in [0.25, 0.3) is 10.8 Å². The molecule has 7 heteroatoms. The molecule has 0 spiro atoms. The van der Waals surface area contributed by atoms with Gasteiger partial charge in [-0.3, -0.25) is 9.59 Å². The molecule has 1 amide bonds. The summed E-state index contributed by atoms with van der Waals surface area (Å²) in [6.07, 6.45) is 0. The normalized spacial score (nSPS) is 10.6. The van der Waals surface area contributed by atoms with Gasteiger partial charge in [-0.05, 0) is 24.1 Å². The Hall–Kier alpha value is -3.48. The van der Waals surface area contributed by atoms with Gasteiger partial charge >= 0.3 is 5.97 Å². The van der Waals surface area contributed by atoms with Crippen LogP contribution in [0.2, 0.25) is 0 Å². The number of nitrogens with one attached hydrogen (secondary N) is 1. The topological polar surface area (TPSA) is 90.3 Å². The van der Waals surface area contributed by atoms with Crippen LogP contribution in [0.4, 0.5) is 0 Å². The van der Waals surface area contributed by atoms with Gasteiger partial charge in [-0.2, -0.15) is 5.10 Å². The predicted molar refractivity (Wildman–Crippen MR) is 100 cm³/mol. The average Bonchev–Trinajstić information content (AvgIpc) is 2.68. The molecule has 138 valence electrons. The zero-order chi connectivity index (χ0) is 19.4. The van der Waals surface area contributed by atoms with Crippen molar-refractivity contribution in [1.29, 1.82) is 0 Å². The van der Waals surface area contributed by atoms with Crippen LogP contribution in [-0.2, 0) is 23.1 Å². The maximum absolute atomic E-state index is 12.4. The van der Waals surface area contributed by atoms with Crippen molar-refractivity contribution in [2.45, 2.75) is 13.5 Å². The molecule has 0 fully saturated rings. The van der Waals surface area contributed by atoms with Gasteiger partial charge in [0.05, 0.1) is 5.39 Å². The van der Waals surface area contributed by atoms with Crippen LogP contribution in [0.15, 0.2) is 53.3 Å². The molecule has 1 aromatic heterocycles. The molecule has 3 rings (SSSR count). The molecule has 7 nitrogen and oxygen atoms in total. The summed E-state index contributed by atoms with van der Waals surface area (Å²) in [6, 6.07) is 14.3. The van der Waals surface area contributed by atoms with Crippen molar-refractivity contribution in [2.24, 2.45) is 7.05 Å². The first-order chi connectivity index (χ1) is 13.0. The Morgan fingerprint density at radius 2 is 1.74 bits per heavy atom. The van der Waals surface area contributed by atoms with Crippen LogP contribution in [0.1, 0.15) is 21.6 Å². The number of rotatable bonds is 5. The Morgan fingerprint density at radius 3 is 2.48 bits per heavy atom. The molecular formula is C20H19N3O4. The molecule has 0 aliphatic carbocycles. The van der Waals surface area contributed by atoms with Gasteiger partial charge in [0.15, 0.2) is 12.3 Å². The van der Waals surface area contributed by atoms with E-state index in [-0.39, 0.29) is 11.3 Å². The maximum Gasteiger partial charge on any atom is 0.359 e. The van der Waals surface area contributed by atoms with Crippen LogP contribution in [0.3, 0.4) is 0 Å². The molecule has 27 heavy (non-hydrogen) atoms. The summed E-state index contributed by atoms with van der Waals surface area (Å²) in [5.41, 5.74) is 1.75. The zero-order valence-corrected chi connectivity index (χ0v) is 15.1. The predicted octanol–water partition coefficient (Wildman–Crippen LogP) is 1.72. The number of amides is 1. The average molecular weight is 365 g/mol. The number of esters is 1. The first-order valence-electron chi connectivity index (χ1n) is 8.41. The Labute approximate surface area is 155 Å². The maximum atomic E-state index is 12.4. The van der Waals surface area contributed by atoms with Crippen molar-refractivity contribution in [3.63, 3.8) is 0 Å². The van der Waals surface area contributed by atoms with E-state index in [4.69, 9.17) is 4.74 Å². The molecule has 0 saturated carbocycles. The summed E-state index contributed by atoms with van der Waals surface area (Å²) in [5, 5.41) is 7.46. The van der Waals surface area contributed by atoms with Crippen molar-refractivity contribution in [2.75, 3.05) is 6.61 Å². The van der Waals surface area contributed by atoms with Gasteiger partial charge in [0.2, 0.25) is 0 Å². The van der Waals surface area contributed by atoms with E-state index in [0.29, 0.717) is 17.3 Å². The molecule has 0 atom stereocenters. The SMILES string of the molecule is Cc1ccccc1CNC(=O)COC(=O)c1nn(C)c(=O)c2ccccc12. The molecule has 0 unspecified atom stereocenters. The van der Waals surface area contributed by atoms with Crippen molar-refractivity contribution in [3.05, 3.63) is 75.7 Å². The fraction of sp³-hybridized carbons (Fsp3) is 0.200. The van der Waals surface area contributed by atoms with Crippen LogP contribution in [0, 0.1) is 6.92 Å². The molecule has 0 aliphatic rings. The van der Waals surface area contributed by atoms with Gasteiger partial charge in [0, 0.05) is 19.0 Å². The number of hydrogen-bond donors (Lipinski definition) is 1. The third-order valence-electron chi connectivity index (χ3n) is 4.22. The molecule has 2 aromatic carbocycles. The molecular weight excluding hydrogens is 346 g/mol. The fourth-order valence-corrected chi connectivity index (χ4v) is 2.70. The van der Waals surface area contributed by atoms with Gasteiger partial charge in [0.25, 0.3) is 11.5 Å². The minimum atomic E-state index is -0.757. The summed E-state index contributed by atoms with van der Waals surface area (Å²) in [4.78, 5) is 36.5. The highest BCUT2D eigenvalue weighted by molar-refractivity contribution is 6.02. The standard InChI is InChI=1S/C20H19N3O4/c1-13-7-3-4-8-14(13)11-21-17(24)12-27-20(26)18-15-9-5-6-10-16(15)19(25)23(2)22-18/h3-10H,11-12H2,1-2H3,(H,21,24). The highest BCUT2D eigenvalue weighted by Gasteiger charge is 2.18. The smallest absolute Gasteiger partial charge is 0.359 e. The number of aromatic nitrogens is 2. The van der Waals surface area contributed by atoms with Gasteiger partial charge in [-0.15, -0.1) is 0 Å². The van der Waals surface area contributed by atoms with E-state index in [1.807, 2.05) is 31.2 Å². The largest absolute Gasteiger partial charge is 0.451 e. The molecule has 0 bridgehead atoms. The van der Waals surface area contributed by atoms with E-state index in [1.165, 1.54) is 7.05 Å². The van der Waals surface area contributed by atoms with Gasteiger partial charge < -0.3 is 10.1 Å². The van der Waals surface area contributed by atoms with Crippen molar-refractivity contribution in [3.8, 4) is 0 Å². The highest BCUT2D eigenvalue weighted by atomic mass is 16.5. The fourth-order valence-electron chi connectivity index (χ4n) is 2.70. The van der Waals surface area contributed by atoms with Crippen LogP contribution < -0.4 is 10.9 Å². The van der Waals surface area contributed by atoms with Crippen molar-refractivity contribution < 1.29 is 14.3 Å². The molecule has 0 aliphatic heterocycles. The van der Waals surface area contributed by atoms with Gasteiger partial charge in [-0.1, -0.05) is 42.5 Å². The minimum absolute atomic E-state index is 0.000552. The Kier molecular flexibility index (Phi) is 5.30. The third kappa shape index (κ3) is 4.03. The highest BCUT2D eigenvalue weighted by Crippen LogP contribution is 2.14. The van der Waals surface area contributed by atoms with E-state index in [9.17, 15) is 14.4 Å². The number of ether oxygens (including phenoxy) is 1. The summed E-state index contributed by atoms with van der Waals surface area (Å²) in [6.45, 7) is 1.88. The first kappa shape index (κ1) is 18.3. The van der Waals surface area contributed by atoms with Crippen LogP contribution in [0.5, 0.6) is 0 Å². The summed E-state index contributed by atoms with van der Waals surface area (Å²) in [5.74, 6) is -1.17. The number of hydrogen-bond acceptors (Lipinski definition) is 5. The molecule has 1 heterocycles. The van der Waals surface area contributed by atoms with Gasteiger partial charge in [-0.25, -0.2) is 9.48 Å². The lowest BCUT2D eigenvalue weighted by atomic mass is 10.1. The van der Waals surface area contributed by atoms with Gasteiger partial charge in [0.1, 0.15) is 0 Å². The van der Waals surface area contributed by atoms with Crippen molar-refractivity contribution in [1.82, 2.24) is 15.1 Å². The summed E-state index contributed by atoms with van der Waals surface area (Å²) < 4.78 is 6.16. The number of nitrogens with zero attached hydrogens (tertiary/aromatic N) is 2. The second kappa shape index (κ2) is 7.82. The second-order valence-corrected chi connectivity index (χ2v) is 6.10. The lowest BCUT2D eigenvalue weighted by molar-refractivity contribution is -0.124. The number of benzene rings is 2. The molecule has 0 radical (unpaired) electrons. The number of carbonyl (C=O) groups excluding carboxylic acids is 2. The molecule has 1 N–H and O–H groups in total. The number of aryl methyl sites for hydroxylation is 2. The lowest BCUT2D eigenvalue weighted by Crippen LogP contribution is -2.29. The minimum Gasteiger partial charge on any atom is -0.451 e. The van der Waals surface area contributed by atoms with Crippen molar-refractivity contribution >= 4 is 22.6 Å². The Balaban J connectivity index is 1.67.